The lowest BCUT2D eigenvalue weighted by Gasteiger charge is -2.46. The lowest BCUT2D eigenvalue weighted by atomic mass is 9.61. The Hall–Kier alpha value is -0.893. The van der Waals surface area contributed by atoms with Gasteiger partial charge in [-0.3, -0.25) is 4.90 Å². The van der Waals surface area contributed by atoms with Gasteiger partial charge in [-0.05, 0) is 103 Å². The first-order chi connectivity index (χ1) is 19.3. The van der Waals surface area contributed by atoms with Crippen LogP contribution >= 0.6 is 0 Å². The topological polar surface area (TPSA) is 21.7 Å². The molecule has 0 aromatic carbocycles. The summed E-state index contributed by atoms with van der Waals surface area (Å²) < 4.78 is 52.0. The molecule has 0 amide bonds. The molecular formula is C35H58F3NO2Si. The Bertz CT molecular complexity index is 1040. The first-order valence-corrected chi connectivity index (χ1v) is 19.4. The van der Waals surface area contributed by atoms with Gasteiger partial charge >= 0.3 is 6.18 Å². The highest BCUT2D eigenvalue weighted by Gasteiger charge is 2.51. The third kappa shape index (κ3) is 6.99. The van der Waals surface area contributed by atoms with Crippen LogP contribution in [0.3, 0.4) is 0 Å². The Morgan fingerprint density at radius 3 is 2.50 bits per heavy atom. The van der Waals surface area contributed by atoms with Crippen LogP contribution in [0, 0.1) is 35.0 Å². The summed E-state index contributed by atoms with van der Waals surface area (Å²) in [5.74, 6) is 2.43. The van der Waals surface area contributed by atoms with Gasteiger partial charge in [0.15, 0.2) is 14.4 Å². The molecule has 3 aliphatic carbocycles. The second-order valence-electron chi connectivity index (χ2n) is 16.0. The SMILES string of the molecule is C=C1/C(=C\C=C2/CCC[C@]3(C)[C@@H]([C@H](C)CN4CCOC(C(F)(F)F)C4)CC[C@@H]23)C[C@@H](C)[C@H](C)[C@@H]1O[Si](C)(C)C(C)(C)C. The molecule has 42 heavy (non-hydrogen) atoms. The molecule has 1 saturated heterocycles. The number of halogens is 3. The van der Waals surface area contributed by atoms with Gasteiger partial charge in [0.25, 0.3) is 0 Å². The lowest BCUT2D eigenvalue weighted by molar-refractivity contribution is -0.238. The number of rotatable bonds is 6. The summed E-state index contributed by atoms with van der Waals surface area (Å²) in [6, 6.07) is 0. The van der Waals surface area contributed by atoms with Gasteiger partial charge < -0.3 is 9.16 Å². The number of hydrogen-bond donors (Lipinski definition) is 0. The van der Waals surface area contributed by atoms with Gasteiger partial charge in [-0.2, -0.15) is 13.2 Å². The third-order valence-corrected chi connectivity index (χ3v) is 16.6. The van der Waals surface area contributed by atoms with Crippen LogP contribution in [0.2, 0.25) is 18.1 Å². The summed E-state index contributed by atoms with van der Waals surface area (Å²) in [6.45, 7) is 27.0. The molecule has 4 rings (SSSR count). The molecular weight excluding hydrogens is 551 g/mol. The maximum absolute atomic E-state index is 13.3. The van der Waals surface area contributed by atoms with Crippen molar-refractivity contribution in [2.75, 3.05) is 26.2 Å². The zero-order valence-electron chi connectivity index (χ0n) is 27.9. The molecule has 1 heterocycles. The molecule has 0 spiro atoms. The summed E-state index contributed by atoms with van der Waals surface area (Å²) >= 11 is 0. The van der Waals surface area contributed by atoms with E-state index in [-0.39, 0.29) is 29.7 Å². The van der Waals surface area contributed by atoms with Crippen molar-refractivity contribution in [3.8, 4) is 0 Å². The summed E-state index contributed by atoms with van der Waals surface area (Å²) in [4.78, 5) is 1.99. The van der Waals surface area contributed by atoms with Crippen molar-refractivity contribution in [2.24, 2.45) is 35.0 Å². The van der Waals surface area contributed by atoms with Crippen LogP contribution in [-0.4, -0.2) is 57.8 Å². The number of ether oxygens (including phenoxy) is 1. The fraction of sp³-hybridized carbons (Fsp3) is 0.829. The maximum atomic E-state index is 13.3. The maximum Gasteiger partial charge on any atom is 0.415 e. The van der Waals surface area contributed by atoms with E-state index in [2.05, 4.69) is 80.3 Å². The van der Waals surface area contributed by atoms with Crippen LogP contribution in [0.25, 0.3) is 0 Å². The number of morpholine rings is 1. The van der Waals surface area contributed by atoms with Crippen molar-refractivity contribution in [3.05, 3.63) is 35.5 Å². The van der Waals surface area contributed by atoms with E-state index in [9.17, 15) is 13.2 Å². The van der Waals surface area contributed by atoms with Crippen molar-refractivity contribution in [1.29, 1.82) is 0 Å². The third-order valence-electron chi connectivity index (χ3n) is 12.2. The minimum absolute atomic E-state index is 0.0412. The summed E-state index contributed by atoms with van der Waals surface area (Å²) in [7, 11) is -1.94. The molecule has 4 fully saturated rings. The second kappa shape index (κ2) is 12.5. The highest BCUT2D eigenvalue weighted by atomic mass is 28.4. The standard InChI is InChI=1S/C35H58F3NO2Si/c1-23-20-28(26(4)32(25(23)3)41-42(9,10)33(5,6)7)14-13-27-12-11-17-34(8)29(15-16-30(27)34)24(2)21-39-18-19-40-31(22-39)35(36,37)38/h13-14,23-25,29-32H,4,11-12,15-22H2,1-3,5-10H3/b27-13+,28-14-/t23-,24-,25+,29-,30+,31?,32+,34-/m1/s1. The van der Waals surface area contributed by atoms with Gasteiger partial charge in [-0.25, -0.2) is 0 Å². The van der Waals surface area contributed by atoms with Crippen LogP contribution < -0.4 is 0 Å². The second-order valence-corrected chi connectivity index (χ2v) is 20.8. The molecule has 0 radical (unpaired) electrons. The van der Waals surface area contributed by atoms with E-state index in [1.165, 1.54) is 30.4 Å². The zero-order valence-corrected chi connectivity index (χ0v) is 28.9. The molecule has 0 aromatic rings. The Balaban J connectivity index is 1.48. The molecule has 0 bridgehead atoms. The molecule has 0 N–H and O–H groups in total. The minimum atomic E-state index is -4.29. The molecule has 240 valence electrons. The first kappa shape index (κ1) is 34.0. The van der Waals surface area contributed by atoms with Gasteiger partial charge in [0.2, 0.25) is 0 Å². The van der Waals surface area contributed by atoms with E-state index in [1.807, 2.05) is 4.90 Å². The van der Waals surface area contributed by atoms with Crippen LogP contribution in [-0.2, 0) is 9.16 Å². The van der Waals surface area contributed by atoms with Gasteiger partial charge in [0.1, 0.15) is 0 Å². The number of hydrogen-bond acceptors (Lipinski definition) is 3. The number of nitrogens with zero attached hydrogens (tertiary/aromatic N) is 1. The summed E-state index contributed by atoms with van der Waals surface area (Å²) in [5.41, 5.74) is 4.28. The fourth-order valence-electron chi connectivity index (χ4n) is 8.33. The van der Waals surface area contributed by atoms with E-state index < -0.39 is 20.6 Å². The zero-order chi connectivity index (χ0) is 31.3. The van der Waals surface area contributed by atoms with Crippen LogP contribution in [0.15, 0.2) is 35.5 Å². The highest BCUT2D eigenvalue weighted by molar-refractivity contribution is 6.74. The molecule has 7 heteroatoms. The molecule has 4 aliphatic rings. The Kier molecular flexibility index (Phi) is 10.1. The van der Waals surface area contributed by atoms with Crippen molar-refractivity contribution >= 4 is 8.32 Å². The molecule has 3 saturated carbocycles. The number of allylic oxidation sites excluding steroid dienone is 3. The smallest absolute Gasteiger partial charge is 0.410 e. The Labute approximate surface area is 255 Å². The molecule has 1 aliphatic heterocycles. The van der Waals surface area contributed by atoms with Gasteiger partial charge in [0.05, 0.1) is 12.7 Å². The fourth-order valence-corrected chi connectivity index (χ4v) is 9.68. The monoisotopic (exact) mass is 609 g/mol. The Morgan fingerprint density at radius 1 is 1.17 bits per heavy atom. The van der Waals surface area contributed by atoms with E-state index in [0.717, 1.165) is 25.8 Å². The van der Waals surface area contributed by atoms with Crippen LogP contribution in [0.1, 0.15) is 87.0 Å². The van der Waals surface area contributed by atoms with Crippen molar-refractivity contribution in [3.63, 3.8) is 0 Å². The van der Waals surface area contributed by atoms with E-state index >= 15 is 0 Å². The predicted molar refractivity (Wildman–Crippen MR) is 170 cm³/mol. The largest absolute Gasteiger partial charge is 0.415 e. The van der Waals surface area contributed by atoms with Crippen LogP contribution in [0.4, 0.5) is 13.2 Å². The van der Waals surface area contributed by atoms with Gasteiger partial charge in [0, 0.05) is 19.6 Å². The van der Waals surface area contributed by atoms with E-state index in [1.54, 1.807) is 5.57 Å². The number of fused-ring (bicyclic) bond motifs is 1. The lowest BCUT2D eigenvalue weighted by Crippen LogP contribution is -2.51. The average Bonchev–Trinajstić information content (AvgIpc) is 3.24. The first-order valence-electron chi connectivity index (χ1n) is 16.5. The van der Waals surface area contributed by atoms with Crippen molar-refractivity contribution < 1.29 is 22.3 Å². The predicted octanol–water partition coefficient (Wildman–Crippen LogP) is 9.58. The van der Waals surface area contributed by atoms with Gasteiger partial charge in [-0.1, -0.05) is 72.8 Å². The average molecular weight is 610 g/mol. The molecule has 3 nitrogen and oxygen atoms in total. The van der Waals surface area contributed by atoms with Gasteiger partial charge in [-0.15, -0.1) is 0 Å². The van der Waals surface area contributed by atoms with Crippen molar-refractivity contribution in [1.82, 2.24) is 4.90 Å². The minimum Gasteiger partial charge on any atom is -0.410 e. The summed E-state index contributed by atoms with van der Waals surface area (Å²) in [6.07, 6.45) is 5.84. The Morgan fingerprint density at radius 2 is 1.86 bits per heavy atom. The van der Waals surface area contributed by atoms with Crippen molar-refractivity contribution in [2.45, 2.75) is 124 Å². The van der Waals surface area contributed by atoms with E-state index in [0.29, 0.717) is 36.1 Å². The normalized spacial score (nSPS) is 38.2. The quantitative estimate of drug-likeness (QED) is 0.280. The van der Waals surface area contributed by atoms with E-state index in [4.69, 9.17) is 9.16 Å². The van der Waals surface area contributed by atoms with Crippen LogP contribution in [0.5, 0.6) is 0 Å². The number of alkyl halides is 3. The highest BCUT2D eigenvalue weighted by Crippen LogP contribution is 2.59. The molecule has 0 aromatic heterocycles. The summed E-state index contributed by atoms with van der Waals surface area (Å²) in [5, 5.41) is 0.157. The molecule has 1 unspecified atom stereocenters. The molecule has 8 atom stereocenters.